The molecule has 0 aliphatic carbocycles. The first-order valence-corrected chi connectivity index (χ1v) is 8.88. The van der Waals surface area contributed by atoms with Gasteiger partial charge in [0.05, 0.1) is 13.0 Å². The van der Waals surface area contributed by atoms with Gasteiger partial charge in [-0.2, -0.15) is 0 Å². The van der Waals surface area contributed by atoms with E-state index in [4.69, 9.17) is 4.74 Å². The molecule has 0 amide bonds. The fraction of sp³-hybridized carbons (Fsp3) is 0.947. The number of rotatable bonds is 12. The second-order valence-corrected chi connectivity index (χ2v) is 8.11. The summed E-state index contributed by atoms with van der Waals surface area (Å²) in [5.41, 5.74) is 0.0576. The van der Waals surface area contributed by atoms with Crippen molar-refractivity contribution in [1.82, 2.24) is 0 Å². The van der Waals surface area contributed by atoms with Gasteiger partial charge in [-0.05, 0) is 30.1 Å². The third-order valence-corrected chi connectivity index (χ3v) is 3.77. The largest absolute Gasteiger partial charge is 0.466 e. The zero-order valence-corrected chi connectivity index (χ0v) is 15.3. The summed E-state index contributed by atoms with van der Waals surface area (Å²) < 4.78 is 5.37. The minimum absolute atomic E-state index is 0.0274. The van der Waals surface area contributed by atoms with Crippen LogP contribution in [-0.4, -0.2) is 12.6 Å². The van der Waals surface area contributed by atoms with E-state index in [-0.39, 0.29) is 11.4 Å². The average Bonchev–Trinajstić information content (AvgIpc) is 2.29. The molecular formula is C19H38O2. The lowest BCUT2D eigenvalue weighted by Gasteiger charge is -2.25. The summed E-state index contributed by atoms with van der Waals surface area (Å²) in [5, 5.41) is 0. The summed E-state index contributed by atoms with van der Waals surface area (Å²) >= 11 is 0. The van der Waals surface area contributed by atoms with Crippen LogP contribution in [0.5, 0.6) is 0 Å². The number of esters is 1. The zero-order chi connectivity index (χ0) is 16.3. The van der Waals surface area contributed by atoms with Crippen molar-refractivity contribution < 1.29 is 9.53 Å². The van der Waals surface area contributed by atoms with Crippen LogP contribution >= 0.6 is 0 Å². The number of ether oxygens (including phenoxy) is 1. The van der Waals surface area contributed by atoms with Crippen molar-refractivity contribution in [3.63, 3.8) is 0 Å². The van der Waals surface area contributed by atoms with Crippen LogP contribution in [-0.2, 0) is 9.53 Å². The van der Waals surface area contributed by atoms with Gasteiger partial charge in [-0.3, -0.25) is 4.79 Å². The molecule has 126 valence electrons. The van der Waals surface area contributed by atoms with Gasteiger partial charge >= 0.3 is 5.97 Å². The molecule has 0 radical (unpaired) electrons. The Morgan fingerprint density at radius 2 is 1.48 bits per heavy atom. The third-order valence-electron chi connectivity index (χ3n) is 3.77. The summed E-state index contributed by atoms with van der Waals surface area (Å²) in [4.78, 5) is 11.8. The van der Waals surface area contributed by atoms with Crippen molar-refractivity contribution >= 4 is 5.97 Å². The number of hydrogen-bond donors (Lipinski definition) is 0. The highest BCUT2D eigenvalue weighted by Crippen LogP contribution is 2.29. The monoisotopic (exact) mass is 298 g/mol. The van der Waals surface area contributed by atoms with Gasteiger partial charge in [-0.15, -0.1) is 0 Å². The first kappa shape index (κ1) is 20.5. The molecule has 0 aliphatic rings. The van der Waals surface area contributed by atoms with Gasteiger partial charge < -0.3 is 4.74 Å². The van der Waals surface area contributed by atoms with Gasteiger partial charge in [0.2, 0.25) is 0 Å². The molecule has 0 saturated heterocycles. The van der Waals surface area contributed by atoms with Crippen LogP contribution in [0.4, 0.5) is 0 Å². The second-order valence-electron chi connectivity index (χ2n) is 8.11. The normalized spacial score (nSPS) is 12.2. The molecule has 0 rings (SSSR count). The maximum absolute atomic E-state index is 11.8. The summed E-state index contributed by atoms with van der Waals surface area (Å²) in [6, 6.07) is 0. The Hall–Kier alpha value is -0.530. The van der Waals surface area contributed by atoms with Crippen molar-refractivity contribution in [2.75, 3.05) is 6.61 Å². The molecule has 0 aliphatic heterocycles. The van der Waals surface area contributed by atoms with Gasteiger partial charge in [0.15, 0.2) is 0 Å². The van der Waals surface area contributed by atoms with E-state index in [0.717, 1.165) is 18.8 Å². The molecule has 2 nitrogen and oxygen atoms in total. The molecular weight excluding hydrogens is 260 g/mol. The molecule has 0 N–H and O–H groups in total. The predicted molar refractivity (Wildman–Crippen MR) is 91.4 cm³/mol. The highest BCUT2D eigenvalue weighted by Gasteiger charge is 2.23. The SMILES string of the molecule is CC(C)CCCCCCCOC(=O)CC(C)(C)CC(C)C. The molecule has 0 heterocycles. The molecule has 0 atom stereocenters. The Kier molecular flexibility index (Phi) is 10.8. The Labute approximate surface area is 133 Å². The number of unbranched alkanes of at least 4 members (excludes halogenated alkanes) is 4. The van der Waals surface area contributed by atoms with Crippen LogP contribution in [0.1, 0.15) is 92.9 Å². The molecule has 0 bridgehead atoms. The van der Waals surface area contributed by atoms with Crippen LogP contribution in [0, 0.1) is 17.3 Å². The summed E-state index contributed by atoms with van der Waals surface area (Å²) in [5.74, 6) is 1.42. The minimum atomic E-state index is -0.0274. The first-order chi connectivity index (χ1) is 9.73. The minimum Gasteiger partial charge on any atom is -0.466 e. The van der Waals surface area contributed by atoms with E-state index >= 15 is 0 Å². The molecule has 0 aromatic heterocycles. The topological polar surface area (TPSA) is 26.3 Å². The van der Waals surface area contributed by atoms with Crippen molar-refractivity contribution in [2.45, 2.75) is 92.9 Å². The molecule has 0 unspecified atom stereocenters. The van der Waals surface area contributed by atoms with E-state index in [1.807, 2.05) is 0 Å². The van der Waals surface area contributed by atoms with Gasteiger partial charge in [0.25, 0.3) is 0 Å². The lowest BCUT2D eigenvalue weighted by atomic mass is 9.81. The zero-order valence-electron chi connectivity index (χ0n) is 15.3. The predicted octanol–water partition coefficient (Wildman–Crippen LogP) is 5.99. The molecule has 2 heteroatoms. The van der Waals surface area contributed by atoms with Crippen LogP contribution in [0.15, 0.2) is 0 Å². The van der Waals surface area contributed by atoms with Crippen LogP contribution in [0.25, 0.3) is 0 Å². The first-order valence-electron chi connectivity index (χ1n) is 8.88. The smallest absolute Gasteiger partial charge is 0.306 e. The standard InChI is InChI=1S/C19H38O2/c1-16(2)12-10-8-7-9-11-13-21-18(20)15-19(5,6)14-17(3)4/h16-17H,7-15H2,1-6H3. The summed E-state index contributed by atoms with van der Waals surface area (Å²) in [7, 11) is 0. The highest BCUT2D eigenvalue weighted by molar-refractivity contribution is 5.70. The van der Waals surface area contributed by atoms with Gasteiger partial charge in [0, 0.05) is 0 Å². The van der Waals surface area contributed by atoms with E-state index in [1.54, 1.807) is 0 Å². The van der Waals surface area contributed by atoms with E-state index in [9.17, 15) is 4.79 Å². The van der Waals surface area contributed by atoms with Crippen LogP contribution < -0.4 is 0 Å². The summed E-state index contributed by atoms with van der Waals surface area (Å²) in [6.07, 6.45) is 9.05. The molecule has 21 heavy (non-hydrogen) atoms. The Morgan fingerprint density at radius 3 is 2.05 bits per heavy atom. The van der Waals surface area contributed by atoms with Gasteiger partial charge in [0.1, 0.15) is 0 Å². The molecule has 0 saturated carbocycles. The second kappa shape index (κ2) is 11.1. The highest BCUT2D eigenvalue weighted by atomic mass is 16.5. The maximum Gasteiger partial charge on any atom is 0.306 e. The van der Waals surface area contributed by atoms with Crippen molar-refractivity contribution in [3.8, 4) is 0 Å². The van der Waals surface area contributed by atoms with Crippen LogP contribution in [0.2, 0.25) is 0 Å². The summed E-state index contributed by atoms with van der Waals surface area (Å²) in [6.45, 7) is 13.9. The van der Waals surface area contributed by atoms with E-state index in [2.05, 4.69) is 41.5 Å². The number of carbonyl (C=O) groups excluding carboxylic acids is 1. The lowest BCUT2D eigenvalue weighted by Crippen LogP contribution is -2.21. The van der Waals surface area contributed by atoms with E-state index in [0.29, 0.717) is 18.9 Å². The van der Waals surface area contributed by atoms with E-state index in [1.165, 1.54) is 32.1 Å². The maximum atomic E-state index is 11.8. The average molecular weight is 299 g/mol. The molecule has 0 spiro atoms. The fourth-order valence-electron chi connectivity index (χ4n) is 2.99. The van der Waals surface area contributed by atoms with E-state index < -0.39 is 0 Å². The van der Waals surface area contributed by atoms with Crippen molar-refractivity contribution in [3.05, 3.63) is 0 Å². The van der Waals surface area contributed by atoms with Crippen molar-refractivity contribution in [1.29, 1.82) is 0 Å². The molecule has 0 fully saturated rings. The van der Waals surface area contributed by atoms with Crippen LogP contribution in [0.3, 0.4) is 0 Å². The van der Waals surface area contributed by atoms with Gasteiger partial charge in [-0.25, -0.2) is 0 Å². The Morgan fingerprint density at radius 1 is 0.905 bits per heavy atom. The lowest BCUT2D eigenvalue weighted by molar-refractivity contribution is -0.146. The number of carbonyl (C=O) groups is 1. The third kappa shape index (κ3) is 14.2. The Balaban J connectivity index is 3.54. The fourth-order valence-corrected chi connectivity index (χ4v) is 2.99. The molecule has 0 aromatic carbocycles. The quantitative estimate of drug-likeness (QED) is 0.327. The molecule has 0 aromatic rings. The van der Waals surface area contributed by atoms with Gasteiger partial charge in [-0.1, -0.05) is 73.6 Å². The Bertz CT molecular complexity index is 267. The number of hydrogen-bond acceptors (Lipinski definition) is 2. The van der Waals surface area contributed by atoms with Crippen molar-refractivity contribution in [2.24, 2.45) is 17.3 Å².